The standard InChI is InChI=1S/C15H12Br3NO/c1-8-6-11(16)14(12(17)7-8)19-15(20)10-5-3-4-9(2)13(10)18/h3-7H,1-2H3,(H,19,20). The van der Waals surface area contributed by atoms with E-state index >= 15 is 0 Å². The molecule has 20 heavy (non-hydrogen) atoms. The van der Waals surface area contributed by atoms with E-state index in [2.05, 4.69) is 53.1 Å². The second kappa shape index (κ2) is 6.41. The summed E-state index contributed by atoms with van der Waals surface area (Å²) >= 11 is 10.4. The van der Waals surface area contributed by atoms with Crippen LogP contribution in [0.4, 0.5) is 5.69 Å². The summed E-state index contributed by atoms with van der Waals surface area (Å²) < 4.78 is 2.51. The predicted octanol–water partition coefficient (Wildman–Crippen LogP) is 5.84. The zero-order chi connectivity index (χ0) is 14.9. The van der Waals surface area contributed by atoms with Crippen molar-refractivity contribution in [2.45, 2.75) is 13.8 Å². The van der Waals surface area contributed by atoms with Gasteiger partial charge < -0.3 is 5.32 Å². The molecule has 0 aliphatic rings. The van der Waals surface area contributed by atoms with Gasteiger partial charge in [-0.2, -0.15) is 0 Å². The fourth-order valence-corrected chi connectivity index (χ4v) is 3.88. The van der Waals surface area contributed by atoms with Crippen molar-refractivity contribution in [2.75, 3.05) is 5.32 Å². The Kier molecular flexibility index (Phi) is 5.04. The molecule has 0 fully saturated rings. The second-order valence-electron chi connectivity index (χ2n) is 4.49. The molecule has 5 heteroatoms. The third-order valence-corrected chi connectivity index (χ3v) is 5.16. The summed E-state index contributed by atoms with van der Waals surface area (Å²) in [6.45, 7) is 3.96. The quantitative estimate of drug-likeness (QED) is 0.597. The molecular formula is C15H12Br3NO. The van der Waals surface area contributed by atoms with Crippen LogP contribution in [-0.2, 0) is 0 Å². The van der Waals surface area contributed by atoms with Crippen molar-refractivity contribution in [2.24, 2.45) is 0 Å². The van der Waals surface area contributed by atoms with E-state index in [1.54, 1.807) is 6.07 Å². The Morgan fingerprint density at radius 2 is 1.65 bits per heavy atom. The van der Waals surface area contributed by atoms with Crippen molar-refractivity contribution in [3.8, 4) is 0 Å². The molecule has 2 nitrogen and oxygen atoms in total. The summed E-state index contributed by atoms with van der Waals surface area (Å²) in [6, 6.07) is 9.55. The first-order valence-electron chi connectivity index (χ1n) is 5.92. The Morgan fingerprint density at radius 3 is 2.25 bits per heavy atom. The SMILES string of the molecule is Cc1cc(Br)c(NC(=O)c2cccc(C)c2Br)c(Br)c1. The summed E-state index contributed by atoms with van der Waals surface area (Å²) in [7, 11) is 0. The first-order chi connectivity index (χ1) is 9.40. The highest BCUT2D eigenvalue weighted by molar-refractivity contribution is 9.11. The molecule has 0 spiro atoms. The van der Waals surface area contributed by atoms with Gasteiger partial charge in [-0.15, -0.1) is 0 Å². The average Bonchev–Trinajstić information content (AvgIpc) is 2.36. The molecular weight excluding hydrogens is 450 g/mol. The molecule has 1 amide bonds. The summed E-state index contributed by atoms with van der Waals surface area (Å²) in [5, 5.41) is 2.93. The van der Waals surface area contributed by atoms with E-state index in [4.69, 9.17) is 0 Å². The van der Waals surface area contributed by atoms with Gasteiger partial charge in [-0.05, 0) is 91.0 Å². The Morgan fingerprint density at radius 1 is 1.05 bits per heavy atom. The smallest absolute Gasteiger partial charge is 0.256 e. The third-order valence-electron chi connectivity index (χ3n) is 2.86. The minimum Gasteiger partial charge on any atom is -0.320 e. The molecule has 1 N–H and O–H groups in total. The minimum atomic E-state index is -0.147. The van der Waals surface area contributed by atoms with Crippen molar-refractivity contribution in [3.05, 3.63) is 60.4 Å². The topological polar surface area (TPSA) is 29.1 Å². The van der Waals surface area contributed by atoms with Gasteiger partial charge in [0.25, 0.3) is 5.91 Å². The third kappa shape index (κ3) is 3.32. The van der Waals surface area contributed by atoms with Gasteiger partial charge in [-0.3, -0.25) is 4.79 Å². The molecule has 0 aliphatic carbocycles. The van der Waals surface area contributed by atoms with Crippen LogP contribution in [0.25, 0.3) is 0 Å². The number of halogens is 3. The largest absolute Gasteiger partial charge is 0.320 e. The van der Waals surface area contributed by atoms with E-state index in [1.807, 2.05) is 38.1 Å². The molecule has 2 aromatic rings. The number of hydrogen-bond acceptors (Lipinski definition) is 1. The zero-order valence-corrected chi connectivity index (χ0v) is 15.7. The van der Waals surface area contributed by atoms with Gasteiger partial charge in [-0.25, -0.2) is 0 Å². The van der Waals surface area contributed by atoms with Gasteiger partial charge in [-0.1, -0.05) is 12.1 Å². The first-order valence-corrected chi connectivity index (χ1v) is 8.30. The molecule has 0 radical (unpaired) electrons. The van der Waals surface area contributed by atoms with Crippen LogP contribution in [-0.4, -0.2) is 5.91 Å². The van der Waals surface area contributed by atoms with Crippen molar-refractivity contribution >= 4 is 59.4 Å². The van der Waals surface area contributed by atoms with Gasteiger partial charge in [0.05, 0.1) is 11.3 Å². The highest BCUT2D eigenvalue weighted by Gasteiger charge is 2.14. The van der Waals surface area contributed by atoms with E-state index in [9.17, 15) is 4.79 Å². The van der Waals surface area contributed by atoms with Gasteiger partial charge in [0.1, 0.15) is 0 Å². The number of rotatable bonds is 2. The summed E-state index contributed by atoms with van der Waals surface area (Å²) in [6.07, 6.45) is 0. The first kappa shape index (κ1) is 15.7. The van der Waals surface area contributed by atoms with E-state index < -0.39 is 0 Å². The molecule has 0 atom stereocenters. The normalized spacial score (nSPS) is 10.4. The number of aryl methyl sites for hydroxylation is 2. The number of nitrogens with one attached hydrogen (secondary N) is 1. The molecule has 0 aliphatic heterocycles. The summed E-state index contributed by atoms with van der Waals surface area (Å²) in [4.78, 5) is 12.4. The average molecular weight is 462 g/mol. The second-order valence-corrected chi connectivity index (χ2v) is 7.00. The van der Waals surface area contributed by atoms with Crippen LogP contribution in [0.1, 0.15) is 21.5 Å². The zero-order valence-electron chi connectivity index (χ0n) is 10.9. The van der Waals surface area contributed by atoms with Gasteiger partial charge in [0.2, 0.25) is 0 Å². The van der Waals surface area contributed by atoms with Gasteiger partial charge in [0.15, 0.2) is 0 Å². The number of carbonyl (C=O) groups excluding carboxylic acids is 1. The fraction of sp³-hybridized carbons (Fsp3) is 0.133. The highest BCUT2D eigenvalue weighted by Crippen LogP contribution is 2.33. The van der Waals surface area contributed by atoms with Gasteiger partial charge >= 0.3 is 0 Å². The van der Waals surface area contributed by atoms with Crippen LogP contribution in [0.5, 0.6) is 0 Å². The van der Waals surface area contributed by atoms with E-state index in [1.165, 1.54) is 0 Å². The Balaban J connectivity index is 2.36. The lowest BCUT2D eigenvalue weighted by atomic mass is 10.1. The Bertz CT molecular complexity index is 660. The maximum Gasteiger partial charge on any atom is 0.256 e. The number of carbonyl (C=O) groups is 1. The van der Waals surface area contributed by atoms with Crippen LogP contribution in [0.3, 0.4) is 0 Å². The van der Waals surface area contributed by atoms with Crippen LogP contribution in [0.2, 0.25) is 0 Å². The van der Waals surface area contributed by atoms with E-state index in [0.717, 1.165) is 30.2 Å². The highest BCUT2D eigenvalue weighted by atomic mass is 79.9. The Hall–Kier alpha value is -0.650. The lowest BCUT2D eigenvalue weighted by molar-refractivity contribution is 0.102. The summed E-state index contributed by atoms with van der Waals surface area (Å²) in [5.41, 5.74) is 3.48. The molecule has 0 aromatic heterocycles. The molecule has 0 saturated heterocycles. The predicted molar refractivity (Wildman–Crippen MR) is 93.4 cm³/mol. The summed E-state index contributed by atoms with van der Waals surface area (Å²) in [5.74, 6) is -0.147. The number of benzene rings is 2. The molecule has 0 unspecified atom stereocenters. The molecule has 2 aromatic carbocycles. The lowest BCUT2D eigenvalue weighted by Crippen LogP contribution is -2.14. The molecule has 0 bridgehead atoms. The lowest BCUT2D eigenvalue weighted by Gasteiger charge is -2.12. The number of anilines is 1. The monoisotopic (exact) mass is 459 g/mol. The molecule has 0 heterocycles. The van der Waals surface area contributed by atoms with Crippen LogP contribution in [0, 0.1) is 13.8 Å². The minimum absolute atomic E-state index is 0.147. The number of amides is 1. The molecule has 2 rings (SSSR count). The maximum absolute atomic E-state index is 12.4. The molecule has 0 saturated carbocycles. The van der Waals surface area contributed by atoms with E-state index in [0.29, 0.717) is 5.56 Å². The van der Waals surface area contributed by atoms with Crippen molar-refractivity contribution < 1.29 is 4.79 Å². The van der Waals surface area contributed by atoms with Crippen LogP contribution in [0.15, 0.2) is 43.7 Å². The van der Waals surface area contributed by atoms with Crippen LogP contribution >= 0.6 is 47.8 Å². The van der Waals surface area contributed by atoms with Gasteiger partial charge in [0, 0.05) is 13.4 Å². The van der Waals surface area contributed by atoms with Crippen molar-refractivity contribution in [1.29, 1.82) is 0 Å². The van der Waals surface area contributed by atoms with Crippen LogP contribution < -0.4 is 5.32 Å². The molecule has 104 valence electrons. The van der Waals surface area contributed by atoms with E-state index in [-0.39, 0.29) is 5.91 Å². The fourth-order valence-electron chi connectivity index (χ4n) is 1.82. The Labute approximate surface area is 143 Å². The number of hydrogen-bond donors (Lipinski definition) is 1. The van der Waals surface area contributed by atoms with Crippen molar-refractivity contribution in [3.63, 3.8) is 0 Å². The maximum atomic E-state index is 12.4. The van der Waals surface area contributed by atoms with Crippen molar-refractivity contribution in [1.82, 2.24) is 0 Å².